The topological polar surface area (TPSA) is 12.4 Å². The summed E-state index contributed by atoms with van der Waals surface area (Å²) in [5.74, 6) is 0. The SMILES string of the molecule is C/C=C\C=N\CC. The van der Waals surface area contributed by atoms with Gasteiger partial charge in [-0.3, -0.25) is 4.99 Å². The van der Waals surface area contributed by atoms with Gasteiger partial charge in [-0.2, -0.15) is 0 Å². The lowest BCUT2D eigenvalue weighted by Crippen LogP contribution is -1.66. The predicted molar refractivity (Wildman–Crippen MR) is 33.8 cm³/mol. The van der Waals surface area contributed by atoms with Gasteiger partial charge in [0.05, 0.1) is 0 Å². The van der Waals surface area contributed by atoms with Gasteiger partial charge < -0.3 is 0 Å². The maximum atomic E-state index is 3.95. The van der Waals surface area contributed by atoms with Crippen molar-refractivity contribution in [1.29, 1.82) is 0 Å². The summed E-state index contributed by atoms with van der Waals surface area (Å²) < 4.78 is 0. The zero-order chi connectivity index (χ0) is 5.54. The molecule has 0 bridgehead atoms. The lowest BCUT2D eigenvalue weighted by atomic mass is 10.6. The lowest BCUT2D eigenvalue weighted by molar-refractivity contribution is 1.14. The number of rotatable bonds is 2. The minimum Gasteiger partial charge on any atom is -0.293 e. The van der Waals surface area contributed by atoms with Crippen LogP contribution in [0.1, 0.15) is 13.8 Å². The van der Waals surface area contributed by atoms with E-state index >= 15 is 0 Å². The Morgan fingerprint density at radius 2 is 2.29 bits per heavy atom. The normalized spacial score (nSPS) is 11.7. The molecule has 0 amide bonds. The molecular formula is C6H11N. The van der Waals surface area contributed by atoms with Crippen LogP contribution in [0, 0.1) is 0 Å². The van der Waals surface area contributed by atoms with Gasteiger partial charge in [0.25, 0.3) is 0 Å². The molecule has 0 spiro atoms. The number of hydrogen-bond acceptors (Lipinski definition) is 1. The van der Waals surface area contributed by atoms with E-state index in [4.69, 9.17) is 0 Å². The molecule has 0 aromatic carbocycles. The standard InChI is InChI=1S/C6H11N/c1-3-5-6-7-4-2/h3,5-6H,4H2,1-2H3/b5-3-,7-6+. The molecule has 0 aliphatic carbocycles. The number of hydrogen-bond donors (Lipinski definition) is 0. The molecule has 0 aromatic heterocycles. The molecule has 0 fully saturated rings. The zero-order valence-electron chi connectivity index (χ0n) is 4.89. The van der Waals surface area contributed by atoms with Crippen molar-refractivity contribution in [2.75, 3.05) is 6.54 Å². The molecule has 0 heterocycles. The molecule has 40 valence electrons. The van der Waals surface area contributed by atoms with Crippen LogP contribution in [0.15, 0.2) is 17.1 Å². The van der Waals surface area contributed by atoms with Crippen molar-refractivity contribution in [2.45, 2.75) is 13.8 Å². The molecule has 0 saturated heterocycles. The van der Waals surface area contributed by atoms with Crippen LogP contribution in [0.5, 0.6) is 0 Å². The van der Waals surface area contributed by atoms with Crippen molar-refractivity contribution in [2.24, 2.45) is 4.99 Å². The van der Waals surface area contributed by atoms with Crippen molar-refractivity contribution >= 4 is 6.21 Å². The van der Waals surface area contributed by atoms with Crippen LogP contribution in [-0.2, 0) is 0 Å². The fraction of sp³-hybridized carbons (Fsp3) is 0.500. The van der Waals surface area contributed by atoms with Crippen LogP contribution in [0.25, 0.3) is 0 Å². The second kappa shape index (κ2) is 5.41. The van der Waals surface area contributed by atoms with Gasteiger partial charge in [-0.25, -0.2) is 0 Å². The van der Waals surface area contributed by atoms with Crippen LogP contribution >= 0.6 is 0 Å². The third kappa shape index (κ3) is 5.41. The minimum atomic E-state index is 0.879. The Bertz CT molecular complexity index is 72.2. The molecular weight excluding hydrogens is 86.1 g/mol. The van der Waals surface area contributed by atoms with Gasteiger partial charge >= 0.3 is 0 Å². The number of aliphatic imine (C=N–C) groups is 1. The van der Waals surface area contributed by atoms with Crippen molar-refractivity contribution in [3.8, 4) is 0 Å². The largest absolute Gasteiger partial charge is 0.293 e. The lowest BCUT2D eigenvalue weighted by Gasteiger charge is -1.72. The van der Waals surface area contributed by atoms with Crippen molar-refractivity contribution < 1.29 is 0 Å². The van der Waals surface area contributed by atoms with E-state index in [2.05, 4.69) is 4.99 Å². The maximum absolute atomic E-state index is 3.95. The summed E-state index contributed by atoms with van der Waals surface area (Å²) in [4.78, 5) is 3.95. The van der Waals surface area contributed by atoms with Crippen molar-refractivity contribution in [1.82, 2.24) is 0 Å². The van der Waals surface area contributed by atoms with Gasteiger partial charge in [-0.05, 0) is 19.9 Å². The minimum absolute atomic E-state index is 0.879. The van der Waals surface area contributed by atoms with Crippen LogP contribution in [-0.4, -0.2) is 12.8 Å². The molecule has 1 heteroatoms. The van der Waals surface area contributed by atoms with Crippen molar-refractivity contribution in [3.05, 3.63) is 12.2 Å². The second-order valence-electron chi connectivity index (χ2n) is 1.17. The molecule has 7 heavy (non-hydrogen) atoms. The van der Waals surface area contributed by atoms with E-state index in [9.17, 15) is 0 Å². The highest BCUT2D eigenvalue weighted by molar-refractivity contribution is 5.70. The molecule has 0 saturated carbocycles. The Balaban J connectivity index is 3.09. The Hall–Kier alpha value is -0.590. The Morgan fingerprint density at radius 3 is 2.71 bits per heavy atom. The molecule has 0 aliphatic rings. The Kier molecular flexibility index (Phi) is 4.95. The van der Waals surface area contributed by atoms with Crippen LogP contribution in [0.4, 0.5) is 0 Å². The van der Waals surface area contributed by atoms with E-state index in [-0.39, 0.29) is 0 Å². The summed E-state index contributed by atoms with van der Waals surface area (Å²) in [6.45, 7) is 4.87. The van der Waals surface area contributed by atoms with E-state index in [0.29, 0.717) is 0 Å². The van der Waals surface area contributed by atoms with Gasteiger partial charge in [-0.1, -0.05) is 6.08 Å². The summed E-state index contributed by atoms with van der Waals surface area (Å²) >= 11 is 0. The van der Waals surface area contributed by atoms with E-state index < -0.39 is 0 Å². The average Bonchev–Trinajstić information content (AvgIpc) is 1.69. The molecule has 0 aromatic rings. The first kappa shape index (κ1) is 6.41. The first-order chi connectivity index (χ1) is 3.41. The Morgan fingerprint density at radius 1 is 1.57 bits per heavy atom. The number of nitrogens with zero attached hydrogens (tertiary/aromatic N) is 1. The highest BCUT2D eigenvalue weighted by atomic mass is 14.7. The third-order valence-electron chi connectivity index (χ3n) is 0.566. The van der Waals surface area contributed by atoms with Crippen LogP contribution in [0.3, 0.4) is 0 Å². The molecule has 0 atom stereocenters. The van der Waals surface area contributed by atoms with Crippen LogP contribution in [0.2, 0.25) is 0 Å². The Labute approximate surface area is 44.8 Å². The quantitative estimate of drug-likeness (QED) is 0.464. The molecule has 0 aliphatic heterocycles. The summed E-state index contributed by atoms with van der Waals surface area (Å²) in [5, 5.41) is 0. The average molecular weight is 97.2 g/mol. The summed E-state index contributed by atoms with van der Waals surface area (Å²) in [6, 6.07) is 0. The third-order valence-corrected chi connectivity index (χ3v) is 0.566. The molecule has 0 radical (unpaired) electrons. The first-order valence-corrected chi connectivity index (χ1v) is 2.53. The van der Waals surface area contributed by atoms with Gasteiger partial charge in [0.15, 0.2) is 0 Å². The first-order valence-electron chi connectivity index (χ1n) is 2.53. The molecule has 0 N–H and O–H groups in total. The smallest absolute Gasteiger partial charge is 0.0360 e. The van der Waals surface area contributed by atoms with Gasteiger partial charge in [0.1, 0.15) is 0 Å². The fourth-order valence-corrected chi connectivity index (χ4v) is 0.252. The summed E-state index contributed by atoms with van der Waals surface area (Å²) in [5.41, 5.74) is 0. The monoisotopic (exact) mass is 97.1 g/mol. The number of allylic oxidation sites excluding steroid dienone is 2. The van der Waals surface area contributed by atoms with Gasteiger partial charge in [0, 0.05) is 12.8 Å². The van der Waals surface area contributed by atoms with Gasteiger partial charge in [0.2, 0.25) is 0 Å². The molecule has 0 rings (SSSR count). The predicted octanol–water partition coefficient (Wildman–Crippen LogP) is 1.65. The van der Waals surface area contributed by atoms with E-state index in [1.54, 1.807) is 6.21 Å². The van der Waals surface area contributed by atoms with E-state index in [1.807, 2.05) is 26.0 Å². The maximum Gasteiger partial charge on any atom is 0.0360 e. The fourth-order valence-electron chi connectivity index (χ4n) is 0.252. The van der Waals surface area contributed by atoms with Crippen LogP contribution < -0.4 is 0 Å². The highest BCUT2D eigenvalue weighted by Crippen LogP contribution is 1.65. The highest BCUT2D eigenvalue weighted by Gasteiger charge is 1.57. The zero-order valence-corrected chi connectivity index (χ0v) is 4.89. The van der Waals surface area contributed by atoms with E-state index in [1.165, 1.54) is 0 Å². The van der Waals surface area contributed by atoms with Gasteiger partial charge in [-0.15, -0.1) is 0 Å². The second-order valence-corrected chi connectivity index (χ2v) is 1.17. The van der Waals surface area contributed by atoms with E-state index in [0.717, 1.165) is 6.54 Å². The van der Waals surface area contributed by atoms with Crippen molar-refractivity contribution in [3.63, 3.8) is 0 Å². The molecule has 1 nitrogen and oxygen atoms in total. The summed E-state index contributed by atoms with van der Waals surface area (Å²) in [6.07, 6.45) is 5.68. The molecule has 0 unspecified atom stereocenters. The summed E-state index contributed by atoms with van der Waals surface area (Å²) in [7, 11) is 0.